The number of ether oxygens (including phenoxy) is 1. The van der Waals surface area contributed by atoms with Crippen LogP contribution in [0.2, 0.25) is 0 Å². The number of nitrogens with one attached hydrogen (secondary N) is 1. The van der Waals surface area contributed by atoms with E-state index < -0.39 is 15.8 Å². The standard InChI is InChI=1S/C13H19FN2O3S/c1-9(11-4-5-19-8-11)16-20(17,18)13-3-2-10(7-15)6-12(13)14/h2-3,6,9,11,16H,4-5,7-8,15H2,1H3. The van der Waals surface area contributed by atoms with Gasteiger partial charge in [0.1, 0.15) is 10.7 Å². The summed E-state index contributed by atoms with van der Waals surface area (Å²) < 4.78 is 46.0. The molecule has 0 aliphatic carbocycles. The van der Waals surface area contributed by atoms with Crippen molar-refractivity contribution in [3.8, 4) is 0 Å². The number of hydrogen-bond donors (Lipinski definition) is 2. The molecule has 3 N–H and O–H groups in total. The van der Waals surface area contributed by atoms with E-state index in [1.807, 2.05) is 0 Å². The Hall–Kier alpha value is -1.02. The van der Waals surface area contributed by atoms with E-state index in [1.54, 1.807) is 6.92 Å². The zero-order valence-corrected chi connectivity index (χ0v) is 12.1. The second-order valence-corrected chi connectivity index (χ2v) is 6.68. The van der Waals surface area contributed by atoms with Crippen molar-refractivity contribution < 1.29 is 17.5 Å². The van der Waals surface area contributed by atoms with E-state index >= 15 is 0 Å². The van der Waals surface area contributed by atoms with E-state index in [-0.39, 0.29) is 23.4 Å². The number of benzene rings is 1. The van der Waals surface area contributed by atoms with Gasteiger partial charge in [-0.15, -0.1) is 0 Å². The van der Waals surface area contributed by atoms with E-state index in [9.17, 15) is 12.8 Å². The first-order valence-electron chi connectivity index (χ1n) is 6.52. The fraction of sp³-hybridized carbons (Fsp3) is 0.538. The number of hydrogen-bond acceptors (Lipinski definition) is 4. The lowest BCUT2D eigenvalue weighted by Gasteiger charge is -2.19. The van der Waals surface area contributed by atoms with Gasteiger partial charge in [0.15, 0.2) is 0 Å². The van der Waals surface area contributed by atoms with Crippen LogP contribution in [0.15, 0.2) is 23.1 Å². The minimum absolute atomic E-state index is 0.121. The smallest absolute Gasteiger partial charge is 0.243 e. The van der Waals surface area contributed by atoms with E-state index in [1.165, 1.54) is 12.1 Å². The van der Waals surface area contributed by atoms with Crippen molar-refractivity contribution in [3.63, 3.8) is 0 Å². The molecule has 0 bridgehead atoms. The van der Waals surface area contributed by atoms with Crippen LogP contribution in [-0.4, -0.2) is 27.7 Å². The molecule has 0 aromatic heterocycles. The van der Waals surface area contributed by atoms with Gasteiger partial charge in [0, 0.05) is 25.1 Å². The molecule has 1 fully saturated rings. The van der Waals surface area contributed by atoms with Gasteiger partial charge in [-0.3, -0.25) is 0 Å². The summed E-state index contributed by atoms with van der Waals surface area (Å²) in [5.41, 5.74) is 5.95. The summed E-state index contributed by atoms with van der Waals surface area (Å²) >= 11 is 0. The Balaban J connectivity index is 2.17. The van der Waals surface area contributed by atoms with E-state index in [0.717, 1.165) is 12.5 Å². The molecular weight excluding hydrogens is 283 g/mol. The monoisotopic (exact) mass is 302 g/mol. The molecule has 2 rings (SSSR count). The first-order valence-corrected chi connectivity index (χ1v) is 8.01. The van der Waals surface area contributed by atoms with Gasteiger partial charge in [-0.05, 0) is 31.0 Å². The summed E-state index contributed by atoms with van der Waals surface area (Å²) in [7, 11) is -3.87. The average molecular weight is 302 g/mol. The third-order valence-corrected chi connectivity index (χ3v) is 5.13. The maximum absolute atomic E-state index is 13.9. The van der Waals surface area contributed by atoms with Gasteiger partial charge in [0.2, 0.25) is 10.0 Å². The lowest BCUT2D eigenvalue weighted by molar-refractivity contribution is 0.180. The lowest BCUT2D eigenvalue weighted by atomic mass is 10.0. The van der Waals surface area contributed by atoms with Crippen LogP contribution in [-0.2, 0) is 21.3 Å². The van der Waals surface area contributed by atoms with Crippen molar-refractivity contribution in [2.24, 2.45) is 11.7 Å². The molecule has 0 amide bonds. The van der Waals surface area contributed by atoms with Gasteiger partial charge in [0.25, 0.3) is 0 Å². The van der Waals surface area contributed by atoms with Crippen LogP contribution in [0.25, 0.3) is 0 Å². The highest BCUT2D eigenvalue weighted by atomic mass is 32.2. The second kappa shape index (κ2) is 6.17. The van der Waals surface area contributed by atoms with Crippen LogP contribution < -0.4 is 10.5 Å². The average Bonchev–Trinajstić information content (AvgIpc) is 2.91. The predicted molar refractivity (Wildman–Crippen MR) is 73.0 cm³/mol. The Bertz CT molecular complexity index is 571. The molecule has 1 heterocycles. The molecule has 2 atom stereocenters. The van der Waals surface area contributed by atoms with Crippen LogP contribution in [0.1, 0.15) is 18.9 Å². The maximum Gasteiger partial charge on any atom is 0.243 e. The van der Waals surface area contributed by atoms with Gasteiger partial charge < -0.3 is 10.5 Å². The van der Waals surface area contributed by atoms with Crippen molar-refractivity contribution >= 4 is 10.0 Å². The molecule has 1 saturated heterocycles. The summed E-state index contributed by atoms with van der Waals surface area (Å²) in [4.78, 5) is -0.347. The molecule has 1 aromatic carbocycles. The zero-order valence-electron chi connectivity index (χ0n) is 11.3. The van der Waals surface area contributed by atoms with Crippen molar-refractivity contribution in [1.29, 1.82) is 0 Å². The number of rotatable bonds is 5. The SMILES string of the molecule is CC(NS(=O)(=O)c1ccc(CN)cc1F)C1CCOC1. The molecule has 0 radical (unpaired) electrons. The van der Waals surface area contributed by atoms with Crippen molar-refractivity contribution in [1.82, 2.24) is 4.72 Å². The van der Waals surface area contributed by atoms with Crippen LogP contribution in [0.3, 0.4) is 0 Å². The van der Waals surface area contributed by atoms with Gasteiger partial charge in [-0.25, -0.2) is 17.5 Å². The minimum atomic E-state index is -3.87. The molecule has 7 heteroatoms. The van der Waals surface area contributed by atoms with E-state index in [0.29, 0.717) is 18.8 Å². The summed E-state index contributed by atoms with van der Waals surface area (Å²) in [5, 5.41) is 0. The van der Waals surface area contributed by atoms with Gasteiger partial charge in [-0.1, -0.05) is 6.07 Å². The van der Waals surface area contributed by atoms with Gasteiger partial charge >= 0.3 is 0 Å². The maximum atomic E-state index is 13.9. The number of nitrogens with two attached hydrogens (primary N) is 1. The lowest BCUT2D eigenvalue weighted by Crippen LogP contribution is -2.38. The van der Waals surface area contributed by atoms with Crippen LogP contribution in [0.5, 0.6) is 0 Å². The summed E-state index contributed by atoms with van der Waals surface area (Å²) in [6.07, 6.45) is 0.804. The van der Waals surface area contributed by atoms with Crippen molar-refractivity contribution in [2.45, 2.75) is 30.8 Å². The molecule has 0 spiro atoms. The zero-order chi connectivity index (χ0) is 14.8. The molecular formula is C13H19FN2O3S. The highest BCUT2D eigenvalue weighted by Crippen LogP contribution is 2.20. The molecule has 1 aliphatic heterocycles. The van der Waals surface area contributed by atoms with Gasteiger partial charge in [-0.2, -0.15) is 0 Å². The predicted octanol–water partition coefficient (Wildman–Crippen LogP) is 0.988. The highest BCUT2D eigenvalue weighted by Gasteiger charge is 2.28. The van der Waals surface area contributed by atoms with Crippen LogP contribution in [0.4, 0.5) is 4.39 Å². The topological polar surface area (TPSA) is 81.4 Å². The van der Waals surface area contributed by atoms with E-state index in [2.05, 4.69) is 4.72 Å². The largest absolute Gasteiger partial charge is 0.381 e. The fourth-order valence-corrected chi connectivity index (χ4v) is 3.61. The third-order valence-electron chi connectivity index (χ3n) is 3.53. The molecule has 1 aromatic rings. The van der Waals surface area contributed by atoms with Crippen LogP contribution >= 0.6 is 0 Å². The Kier molecular flexibility index (Phi) is 4.74. The molecule has 112 valence electrons. The summed E-state index contributed by atoms with van der Waals surface area (Å²) in [6.45, 7) is 3.10. The summed E-state index contributed by atoms with van der Waals surface area (Å²) in [5.74, 6) is -0.661. The third kappa shape index (κ3) is 3.35. The van der Waals surface area contributed by atoms with Crippen LogP contribution in [0, 0.1) is 11.7 Å². The highest BCUT2D eigenvalue weighted by molar-refractivity contribution is 7.89. The van der Waals surface area contributed by atoms with Gasteiger partial charge in [0.05, 0.1) is 6.61 Å². The molecule has 5 nitrogen and oxygen atoms in total. The Labute approximate surface area is 118 Å². The Morgan fingerprint density at radius 3 is 2.85 bits per heavy atom. The second-order valence-electron chi connectivity index (χ2n) is 5.00. The van der Waals surface area contributed by atoms with Crippen molar-refractivity contribution in [3.05, 3.63) is 29.6 Å². The molecule has 0 saturated carbocycles. The molecule has 2 unspecified atom stereocenters. The molecule has 1 aliphatic rings. The van der Waals surface area contributed by atoms with E-state index in [4.69, 9.17) is 10.5 Å². The quantitative estimate of drug-likeness (QED) is 0.850. The normalized spacial score (nSPS) is 21.1. The minimum Gasteiger partial charge on any atom is -0.381 e. The van der Waals surface area contributed by atoms with Crippen molar-refractivity contribution in [2.75, 3.05) is 13.2 Å². The first-order chi connectivity index (χ1) is 9.44. The molecule has 20 heavy (non-hydrogen) atoms. The fourth-order valence-electron chi connectivity index (χ4n) is 2.24. The summed E-state index contributed by atoms with van der Waals surface area (Å²) in [6, 6.07) is 3.62. The Morgan fingerprint density at radius 1 is 1.55 bits per heavy atom. The first kappa shape index (κ1) is 15.4. The number of sulfonamides is 1. The number of halogens is 1. The Morgan fingerprint density at radius 2 is 2.30 bits per heavy atom.